The number of ether oxygens (including phenoxy) is 1. The molecule has 1 amide bonds. The first-order valence-corrected chi connectivity index (χ1v) is 8.72. The van der Waals surface area contributed by atoms with Crippen LogP contribution in [0.1, 0.15) is 23.6 Å². The van der Waals surface area contributed by atoms with Gasteiger partial charge in [-0.3, -0.25) is 4.79 Å². The minimum absolute atomic E-state index is 0.136. The van der Waals surface area contributed by atoms with E-state index in [1.54, 1.807) is 7.11 Å². The number of rotatable bonds is 3. The molecule has 0 unspecified atom stereocenters. The average Bonchev–Trinajstić information content (AvgIpc) is 2.86. The lowest BCUT2D eigenvalue weighted by Crippen LogP contribution is -2.21. The second kappa shape index (κ2) is 6.84. The second-order valence-electron chi connectivity index (χ2n) is 6.02. The largest absolute Gasteiger partial charge is 0.496 e. The number of halogens is 1. The van der Waals surface area contributed by atoms with Crippen molar-refractivity contribution in [1.29, 1.82) is 0 Å². The molecule has 0 spiro atoms. The molecule has 1 heterocycles. The van der Waals surface area contributed by atoms with Crippen LogP contribution in [0, 0.1) is 13.8 Å². The lowest BCUT2D eigenvalue weighted by atomic mass is 10.1. The summed E-state index contributed by atoms with van der Waals surface area (Å²) >= 11 is 3.46. The normalized spacial score (nSPS) is 15.7. The summed E-state index contributed by atoms with van der Waals surface area (Å²) in [7, 11) is 1.62. The van der Waals surface area contributed by atoms with Crippen molar-refractivity contribution in [2.24, 2.45) is 5.10 Å². The summed E-state index contributed by atoms with van der Waals surface area (Å²) in [5, 5.41) is 5.90. The van der Waals surface area contributed by atoms with Crippen LogP contribution in [0.2, 0.25) is 0 Å². The van der Waals surface area contributed by atoms with Gasteiger partial charge in [0, 0.05) is 10.0 Å². The highest BCUT2D eigenvalue weighted by Gasteiger charge is 2.29. The van der Waals surface area contributed by atoms with E-state index in [1.165, 1.54) is 10.6 Å². The van der Waals surface area contributed by atoms with Gasteiger partial charge in [0.25, 0.3) is 5.91 Å². The van der Waals surface area contributed by atoms with Gasteiger partial charge in [-0.2, -0.15) is 10.1 Å². The molecule has 1 aliphatic rings. The minimum Gasteiger partial charge on any atom is -0.496 e. The first-order chi connectivity index (χ1) is 11.9. The zero-order valence-corrected chi connectivity index (χ0v) is 16.2. The van der Waals surface area contributed by atoms with E-state index in [0.717, 1.165) is 21.3 Å². The molecule has 2 aromatic rings. The fourth-order valence-corrected chi connectivity index (χ4v) is 3.07. The van der Waals surface area contributed by atoms with Gasteiger partial charge in [-0.25, -0.2) is 0 Å². The SMILES string of the molecule is COc1ccc(Br)cc1C=C1C(=O)N(c2ccc(C)c(C)c2)N=C1C. The fourth-order valence-electron chi connectivity index (χ4n) is 2.69. The third kappa shape index (κ3) is 3.37. The van der Waals surface area contributed by atoms with Crippen LogP contribution in [0.4, 0.5) is 5.69 Å². The van der Waals surface area contributed by atoms with Crippen molar-refractivity contribution in [2.75, 3.05) is 12.1 Å². The van der Waals surface area contributed by atoms with E-state index >= 15 is 0 Å². The van der Waals surface area contributed by atoms with E-state index in [2.05, 4.69) is 21.0 Å². The van der Waals surface area contributed by atoms with E-state index in [4.69, 9.17) is 4.74 Å². The summed E-state index contributed by atoms with van der Waals surface area (Å²) in [6.45, 7) is 5.92. The Bertz CT molecular complexity index is 916. The maximum Gasteiger partial charge on any atom is 0.280 e. The number of methoxy groups -OCH3 is 1. The van der Waals surface area contributed by atoms with E-state index in [-0.39, 0.29) is 5.91 Å². The first kappa shape index (κ1) is 17.4. The van der Waals surface area contributed by atoms with Gasteiger partial charge in [-0.05, 0) is 68.3 Å². The molecule has 0 bridgehead atoms. The molecule has 25 heavy (non-hydrogen) atoms. The van der Waals surface area contributed by atoms with Crippen molar-refractivity contribution in [1.82, 2.24) is 0 Å². The van der Waals surface area contributed by atoms with Crippen LogP contribution >= 0.6 is 15.9 Å². The molecule has 3 rings (SSSR count). The van der Waals surface area contributed by atoms with Crippen molar-refractivity contribution in [3.63, 3.8) is 0 Å². The summed E-state index contributed by atoms with van der Waals surface area (Å²) in [4.78, 5) is 12.9. The van der Waals surface area contributed by atoms with E-state index in [9.17, 15) is 4.79 Å². The number of anilines is 1. The highest BCUT2D eigenvalue weighted by atomic mass is 79.9. The lowest BCUT2D eigenvalue weighted by molar-refractivity contribution is -0.114. The van der Waals surface area contributed by atoms with Crippen LogP contribution in [-0.2, 0) is 4.79 Å². The Morgan fingerprint density at radius 3 is 2.52 bits per heavy atom. The summed E-state index contributed by atoms with van der Waals surface area (Å²) in [6.07, 6.45) is 1.83. The van der Waals surface area contributed by atoms with Crippen molar-refractivity contribution in [2.45, 2.75) is 20.8 Å². The number of amides is 1. The van der Waals surface area contributed by atoms with Crippen LogP contribution in [0.3, 0.4) is 0 Å². The Morgan fingerprint density at radius 1 is 1.08 bits per heavy atom. The standard InChI is InChI=1S/C20H19BrN2O2/c1-12-5-7-17(9-13(12)2)23-20(24)18(14(3)22-23)11-15-10-16(21)6-8-19(15)25-4/h5-11H,1-4H3. The van der Waals surface area contributed by atoms with Gasteiger partial charge in [0.2, 0.25) is 0 Å². The van der Waals surface area contributed by atoms with Gasteiger partial charge in [0.05, 0.1) is 24.1 Å². The number of hydrogen-bond acceptors (Lipinski definition) is 3. The molecule has 0 saturated carbocycles. The quantitative estimate of drug-likeness (QED) is 0.691. The Hall–Kier alpha value is -2.40. The maximum absolute atomic E-state index is 12.9. The average molecular weight is 399 g/mol. The molecule has 1 aliphatic heterocycles. The topological polar surface area (TPSA) is 41.9 Å². The summed E-state index contributed by atoms with van der Waals surface area (Å²) in [6, 6.07) is 11.6. The maximum atomic E-state index is 12.9. The number of hydrazone groups is 1. The molecule has 0 aromatic heterocycles. The van der Waals surface area contributed by atoms with Crippen LogP contribution in [0.15, 0.2) is 51.5 Å². The Balaban J connectivity index is 2.00. The molecule has 2 aromatic carbocycles. The highest BCUT2D eigenvalue weighted by molar-refractivity contribution is 9.10. The molecule has 0 saturated heterocycles. The van der Waals surface area contributed by atoms with Gasteiger partial charge in [-0.1, -0.05) is 22.0 Å². The predicted octanol–water partition coefficient (Wildman–Crippen LogP) is 4.88. The fraction of sp³-hybridized carbons (Fsp3) is 0.200. The zero-order chi connectivity index (χ0) is 18.1. The van der Waals surface area contributed by atoms with Gasteiger partial charge in [0.15, 0.2) is 0 Å². The van der Waals surface area contributed by atoms with Crippen LogP contribution < -0.4 is 9.75 Å². The molecule has 0 fully saturated rings. The Morgan fingerprint density at radius 2 is 1.84 bits per heavy atom. The molecule has 128 valence electrons. The molecular weight excluding hydrogens is 380 g/mol. The van der Waals surface area contributed by atoms with Crippen molar-refractivity contribution in [3.05, 3.63) is 63.1 Å². The number of nitrogens with zero attached hydrogens (tertiary/aromatic N) is 2. The van der Waals surface area contributed by atoms with Crippen molar-refractivity contribution >= 4 is 39.3 Å². The number of aryl methyl sites for hydroxylation is 2. The zero-order valence-electron chi connectivity index (χ0n) is 14.6. The first-order valence-electron chi connectivity index (χ1n) is 7.93. The van der Waals surface area contributed by atoms with Crippen LogP contribution in [-0.4, -0.2) is 18.7 Å². The summed E-state index contributed by atoms with van der Waals surface area (Å²) in [5.41, 5.74) is 5.17. The Labute approximate surface area is 155 Å². The van der Waals surface area contributed by atoms with E-state index in [1.807, 2.05) is 63.2 Å². The number of benzene rings is 2. The van der Waals surface area contributed by atoms with Crippen LogP contribution in [0.25, 0.3) is 6.08 Å². The molecular formula is C20H19BrN2O2. The smallest absolute Gasteiger partial charge is 0.280 e. The van der Waals surface area contributed by atoms with E-state index in [0.29, 0.717) is 17.0 Å². The lowest BCUT2D eigenvalue weighted by Gasteiger charge is -2.13. The van der Waals surface area contributed by atoms with Crippen molar-refractivity contribution in [3.8, 4) is 5.75 Å². The van der Waals surface area contributed by atoms with Gasteiger partial charge >= 0.3 is 0 Å². The Kier molecular flexibility index (Phi) is 4.77. The summed E-state index contributed by atoms with van der Waals surface area (Å²) in [5.74, 6) is 0.573. The molecule has 0 radical (unpaired) electrons. The van der Waals surface area contributed by atoms with Gasteiger partial charge in [-0.15, -0.1) is 0 Å². The molecule has 0 aliphatic carbocycles. The van der Waals surface area contributed by atoms with Gasteiger partial charge in [0.1, 0.15) is 5.75 Å². The predicted molar refractivity (Wildman–Crippen MR) is 105 cm³/mol. The monoisotopic (exact) mass is 398 g/mol. The number of carbonyl (C=O) groups excluding carboxylic acids is 1. The molecule has 0 N–H and O–H groups in total. The molecule has 0 atom stereocenters. The third-order valence-corrected chi connectivity index (χ3v) is 4.78. The highest BCUT2D eigenvalue weighted by Crippen LogP contribution is 2.30. The minimum atomic E-state index is -0.136. The number of hydrogen-bond donors (Lipinski definition) is 0. The third-order valence-electron chi connectivity index (χ3n) is 4.29. The van der Waals surface area contributed by atoms with Gasteiger partial charge < -0.3 is 4.74 Å². The summed E-state index contributed by atoms with van der Waals surface area (Å²) < 4.78 is 6.31. The number of carbonyl (C=O) groups is 1. The molecule has 4 nitrogen and oxygen atoms in total. The molecule has 5 heteroatoms. The van der Waals surface area contributed by atoms with Crippen LogP contribution in [0.5, 0.6) is 5.75 Å². The van der Waals surface area contributed by atoms with E-state index < -0.39 is 0 Å². The van der Waals surface area contributed by atoms with Crippen molar-refractivity contribution < 1.29 is 9.53 Å². The second-order valence-corrected chi connectivity index (χ2v) is 6.93.